The fraction of sp³-hybridized carbons (Fsp3) is 0.261. The van der Waals surface area contributed by atoms with Gasteiger partial charge >= 0.3 is 0 Å². The van der Waals surface area contributed by atoms with Crippen molar-refractivity contribution in [3.8, 4) is 17.3 Å². The van der Waals surface area contributed by atoms with E-state index in [-0.39, 0.29) is 5.91 Å². The second-order valence-corrected chi connectivity index (χ2v) is 7.30. The summed E-state index contributed by atoms with van der Waals surface area (Å²) in [6, 6.07) is 17.7. The van der Waals surface area contributed by atoms with Gasteiger partial charge in [0.1, 0.15) is 0 Å². The van der Waals surface area contributed by atoms with Crippen LogP contribution in [0.5, 0.6) is 0 Å². The molecule has 0 aliphatic carbocycles. The molecule has 1 aliphatic heterocycles. The molecule has 0 atom stereocenters. The third kappa shape index (κ3) is 3.54. The largest absolute Gasteiger partial charge is 0.339 e. The van der Waals surface area contributed by atoms with E-state index in [9.17, 15) is 4.79 Å². The first-order chi connectivity index (χ1) is 13.7. The Morgan fingerprint density at radius 2 is 1.89 bits per heavy atom. The Balaban J connectivity index is 1.45. The van der Waals surface area contributed by atoms with Gasteiger partial charge in [-0.1, -0.05) is 18.2 Å². The van der Waals surface area contributed by atoms with E-state index < -0.39 is 0 Å². The van der Waals surface area contributed by atoms with E-state index >= 15 is 0 Å². The number of benzene rings is 2. The third-order valence-corrected chi connectivity index (χ3v) is 5.57. The monoisotopic (exact) mass is 370 g/mol. The molecule has 3 aromatic rings. The highest BCUT2D eigenvalue weighted by atomic mass is 16.2. The van der Waals surface area contributed by atoms with Crippen molar-refractivity contribution in [2.45, 2.75) is 25.7 Å². The van der Waals surface area contributed by atoms with Crippen LogP contribution in [-0.2, 0) is 0 Å². The second-order valence-electron chi connectivity index (χ2n) is 7.30. The number of likely N-dealkylation sites (tertiary alicyclic amines) is 1. The van der Waals surface area contributed by atoms with E-state index in [0.717, 1.165) is 42.8 Å². The number of carbonyl (C=O) groups excluding carboxylic acids is 1. The van der Waals surface area contributed by atoms with Crippen molar-refractivity contribution in [2.75, 3.05) is 13.1 Å². The number of amides is 1. The summed E-state index contributed by atoms with van der Waals surface area (Å²) in [5.41, 5.74) is 5.70. The highest BCUT2D eigenvalue weighted by Gasteiger charge is 2.25. The van der Waals surface area contributed by atoms with Gasteiger partial charge in [-0.25, -0.2) is 0 Å². The first kappa shape index (κ1) is 18.0. The summed E-state index contributed by atoms with van der Waals surface area (Å²) in [4.78, 5) is 15.0. The van der Waals surface area contributed by atoms with Crippen molar-refractivity contribution in [3.05, 3.63) is 77.0 Å². The van der Waals surface area contributed by atoms with Crippen LogP contribution in [0.25, 0.3) is 11.3 Å². The molecule has 140 valence electrons. The van der Waals surface area contributed by atoms with Crippen LogP contribution < -0.4 is 0 Å². The number of piperidine rings is 1. The molecule has 2 heterocycles. The molecule has 4 rings (SSSR count). The Morgan fingerprint density at radius 3 is 2.54 bits per heavy atom. The topological polar surface area (TPSA) is 72.8 Å². The van der Waals surface area contributed by atoms with E-state index in [4.69, 9.17) is 5.26 Å². The maximum atomic E-state index is 13.0. The summed E-state index contributed by atoms with van der Waals surface area (Å²) in [5, 5.41) is 15.9. The summed E-state index contributed by atoms with van der Waals surface area (Å²) in [6.45, 7) is 3.53. The summed E-state index contributed by atoms with van der Waals surface area (Å²) < 4.78 is 0. The van der Waals surface area contributed by atoms with Crippen LogP contribution in [0.15, 0.2) is 54.7 Å². The lowest BCUT2D eigenvalue weighted by atomic mass is 9.88. The lowest BCUT2D eigenvalue weighted by molar-refractivity contribution is 0.0713. The van der Waals surface area contributed by atoms with E-state index in [1.807, 2.05) is 60.4 Å². The maximum absolute atomic E-state index is 13.0. The Bertz CT molecular complexity index is 1010. The fourth-order valence-electron chi connectivity index (χ4n) is 3.88. The molecule has 1 aromatic heterocycles. The maximum Gasteiger partial charge on any atom is 0.253 e. The number of aromatic nitrogens is 2. The molecule has 0 bridgehead atoms. The molecule has 5 nitrogen and oxygen atoms in total. The van der Waals surface area contributed by atoms with Crippen LogP contribution in [0.1, 0.15) is 45.8 Å². The van der Waals surface area contributed by atoms with Crippen LogP contribution in [0, 0.1) is 18.3 Å². The summed E-state index contributed by atoms with van der Waals surface area (Å²) >= 11 is 0. The van der Waals surface area contributed by atoms with Crippen LogP contribution in [0.2, 0.25) is 0 Å². The molecule has 0 spiro atoms. The fourth-order valence-corrected chi connectivity index (χ4v) is 3.88. The lowest BCUT2D eigenvalue weighted by Crippen LogP contribution is -2.37. The SMILES string of the molecule is Cc1ccc(C(=O)N2CCC(c3ccc(C#N)cc3)CC2)cc1-c1ccn[nH]1. The van der Waals surface area contributed by atoms with Crippen molar-refractivity contribution in [1.82, 2.24) is 15.1 Å². The van der Waals surface area contributed by atoms with Gasteiger partial charge in [0.25, 0.3) is 5.91 Å². The van der Waals surface area contributed by atoms with Gasteiger partial charge in [0.05, 0.1) is 17.3 Å². The first-order valence-corrected chi connectivity index (χ1v) is 9.55. The number of hydrogen-bond donors (Lipinski definition) is 1. The van der Waals surface area contributed by atoms with Crippen molar-refractivity contribution in [2.24, 2.45) is 0 Å². The van der Waals surface area contributed by atoms with E-state index in [1.165, 1.54) is 5.56 Å². The van der Waals surface area contributed by atoms with Crippen LogP contribution >= 0.6 is 0 Å². The lowest BCUT2D eigenvalue weighted by Gasteiger charge is -2.32. The molecule has 2 aromatic carbocycles. The van der Waals surface area contributed by atoms with Gasteiger partial charge in [-0.05, 0) is 67.1 Å². The van der Waals surface area contributed by atoms with Gasteiger partial charge in [-0.15, -0.1) is 0 Å². The van der Waals surface area contributed by atoms with Gasteiger partial charge in [-0.2, -0.15) is 10.4 Å². The average Bonchev–Trinajstić information content (AvgIpc) is 3.28. The van der Waals surface area contributed by atoms with E-state index in [1.54, 1.807) is 6.20 Å². The molecular formula is C23H22N4O. The Morgan fingerprint density at radius 1 is 1.14 bits per heavy atom. The Hall–Kier alpha value is -3.39. The van der Waals surface area contributed by atoms with Gasteiger partial charge < -0.3 is 4.90 Å². The number of nitriles is 1. The van der Waals surface area contributed by atoms with Gasteiger partial charge in [0.2, 0.25) is 0 Å². The number of hydrogen-bond acceptors (Lipinski definition) is 3. The van der Waals surface area contributed by atoms with E-state index in [2.05, 4.69) is 16.3 Å². The number of aromatic amines is 1. The van der Waals surface area contributed by atoms with Crippen LogP contribution in [0.3, 0.4) is 0 Å². The van der Waals surface area contributed by atoms with Gasteiger partial charge in [-0.3, -0.25) is 9.89 Å². The predicted molar refractivity (Wildman–Crippen MR) is 108 cm³/mol. The highest BCUT2D eigenvalue weighted by Crippen LogP contribution is 2.29. The minimum atomic E-state index is 0.0824. The second kappa shape index (κ2) is 7.69. The zero-order valence-corrected chi connectivity index (χ0v) is 15.9. The molecule has 0 unspecified atom stereocenters. The number of rotatable bonds is 3. The molecule has 1 saturated heterocycles. The number of H-pyrrole nitrogens is 1. The van der Waals surface area contributed by atoms with Crippen LogP contribution in [-0.4, -0.2) is 34.1 Å². The number of nitrogens with one attached hydrogen (secondary N) is 1. The highest BCUT2D eigenvalue weighted by molar-refractivity contribution is 5.95. The molecule has 1 N–H and O–H groups in total. The molecule has 1 aliphatic rings. The van der Waals surface area contributed by atoms with Crippen LogP contribution in [0.4, 0.5) is 0 Å². The number of carbonyl (C=O) groups is 1. The van der Waals surface area contributed by atoms with E-state index in [0.29, 0.717) is 17.0 Å². The summed E-state index contributed by atoms with van der Waals surface area (Å²) in [6.07, 6.45) is 3.60. The Kier molecular flexibility index (Phi) is 4.94. The number of nitrogens with zero attached hydrogens (tertiary/aromatic N) is 3. The summed E-state index contributed by atoms with van der Waals surface area (Å²) in [7, 11) is 0. The van der Waals surface area contributed by atoms with Gasteiger partial charge in [0, 0.05) is 30.4 Å². The minimum Gasteiger partial charge on any atom is -0.339 e. The average molecular weight is 370 g/mol. The zero-order valence-electron chi connectivity index (χ0n) is 15.9. The Labute approximate surface area is 164 Å². The van der Waals surface area contributed by atoms with Crippen molar-refractivity contribution in [1.29, 1.82) is 5.26 Å². The normalized spacial score (nSPS) is 14.6. The molecule has 1 fully saturated rings. The third-order valence-electron chi connectivity index (χ3n) is 5.57. The smallest absolute Gasteiger partial charge is 0.253 e. The van der Waals surface area contributed by atoms with Crippen molar-refractivity contribution >= 4 is 5.91 Å². The molecule has 1 amide bonds. The molecule has 5 heteroatoms. The van der Waals surface area contributed by atoms with Crippen molar-refractivity contribution < 1.29 is 4.79 Å². The molecular weight excluding hydrogens is 348 g/mol. The van der Waals surface area contributed by atoms with Crippen molar-refractivity contribution in [3.63, 3.8) is 0 Å². The first-order valence-electron chi connectivity index (χ1n) is 9.55. The van der Waals surface area contributed by atoms with Gasteiger partial charge in [0.15, 0.2) is 0 Å². The minimum absolute atomic E-state index is 0.0824. The molecule has 0 radical (unpaired) electrons. The quantitative estimate of drug-likeness (QED) is 0.748. The summed E-state index contributed by atoms with van der Waals surface area (Å²) in [5.74, 6) is 0.523. The standard InChI is InChI=1S/C23H22N4O/c1-16-2-5-20(14-21(16)22-8-11-25-26-22)23(28)27-12-9-19(10-13-27)18-6-3-17(15-24)4-7-18/h2-8,11,14,19H,9-10,12-13H2,1H3,(H,25,26). The zero-order chi connectivity index (χ0) is 19.5. The number of aryl methyl sites for hydroxylation is 1. The predicted octanol–water partition coefficient (Wildman–Crippen LogP) is 4.28. The molecule has 28 heavy (non-hydrogen) atoms. The molecule has 0 saturated carbocycles.